The van der Waals surface area contributed by atoms with Crippen LogP contribution in [-0.2, 0) is 0 Å². The molecule has 0 aliphatic heterocycles. The van der Waals surface area contributed by atoms with Crippen LogP contribution in [0.5, 0.6) is 11.5 Å². The van der Waals surface area contributed by atoms with E-state index in [0.29, 0.717) is 25.3 Å². The molecule has 23 heavy (non-hydrogen) atoms. The van der Waals surface area contributed by atoms with E-state index in [1.165, 1.54) is 0 Å². The lowest BCUT2D eigenvalue weighted by atomic mass is 10.2. The lowest BCUT2D eigenvalue weighted by Crippen LogP contribution is -2.28. The molecule has 0 fully saturated rings. The van der Waals surface area contributed by atoms with Gasteiger partial charge in [0.05, 0.1) is 13.2 Å². The number of amides is 1. The number of ether oxygens (including phenoxy) is 2. The summed E-state index contributed by atoms with van der Waals surface area (Å²) in [6.45, 7) is 5.63. The molecule has 0 heterocycles. The first kappa shape index (κ1) is 16.9. The molecule has 0 aromatic heterocycles. The van der Waals surface area contributed by atoms with Crippen molar-refractivity contribution in [3.8, 4) is 11.5 Å². The molecule has 0 radical (unpaired) electrons. The second-order valence-electron chi connectivity index (χ2n) is 5.24. The summed E-state index contributed by atoms with van der Waals surface area (Å²) in [6.07, 6.45) is 0.961. The van der Waals surface area contributed by atoms with Gasteiger partial charge in [-0.1, -0.05) is 25.1 Å². The van der Waals surface area contributed by atoms with Crippen LogP contribution in [0.4, 0.5) is 0 Å². The number of carbonyl (C=O) groups excluding carboxylic acids is 1. The molecule has 2 rings (SSSR count). The van der Waals surface area contributed by atoms with Crippen molar-refractivity contribution >= 4 is 5.91 Å². The highest BCUT2D eigenvalue weighted by molar-refractivity contribution is 5.94. The topological polar surface area (TPSA) is 47.6 Å². The van der Waals surface area contributed by atoms with Gasteiger partial charge < -0.3 is 14.8 Å². The highest BCUT2D eigenvalue weighted by atomic mass is 16.5. The fraction of sp³-hybridized carbons (Fsp3) is 0.316. The Balaban J connectivity index is 1.75. The van der Waals surface area contributed by atoms with Gasteiger partial charge in [-0.05, 0) is 49.2 Å². The van der Waals surface area contributed by atoms with Gasteiger partial charge in [-0.25, -0.2) is 0 Å². The Morgan fingerprint density at radius 3 is 2.43 bits per heavy atom. The summed E-state index contributed by atoms with van der Waals surface area (Å²) < 4.78 is 11.1. The molecule has 4 nitrogen and oxygen atoms in total. The Hall–Kier alpha value is -2.49. The van der Waals surface area contributed by atoms with Crippen molar-refractivity contribution in [3.05, 3.63) is 59.7 Å². The predicted octanol–water partition coefficient (Wildman–Crippen LogP) is 3.59. The van der Waals surface area contributed by atoms with Gasteiger partial charge in [-0.2, -0.15) is 0 Å². The lowest BCUT2D eigenvalue weighted by molar-refractivity contribution is 0.0947. The molecule has 0 unspecified atom stereocenters. The first-order valence-corrected chi connectivity index (χ1v) is 7.90. The minimum atomic E-state index is -0.111. The molecular formula is C19H23NO3. The van der Waals surface area contributed by atoms with Crippen molar-refractivity contribution in [2.75, 3.05) is 19.8 Å². The van der Waals surface area contributed by atoms with Crippen molar-refractivity contribution in [2.24, 2.45) is 0 Å². The highest BCUT2D eigenvalue weighted by Gasteiger charge is 2.05. The summed E-state index contributed by atoms with van der Waals surface area (Å²) in [4.78, 5) is 12.0. The fourth-order valence-electron chi connectivity index (χ4n) is 2.07. The van der Waals surface area contributed by atoms with Gasteiger partial charge in [0.2, 0.25) is 0 Å². The van der Waals surface area contributed by atoms with Crippen LogP contribution >= 0.6 is 0 Å². The summed E-state index contributed by atoms with van der Waals surface area (Å²) in [6, 6.07) is 15.0. The SMILES string of the molecule is CCCOc1ccc(C(=O)NCCOc2ccccc2C)cc1. The van der Waals surface area contributed by atoms with Gasteiger partial charge in [0.15, 0.2) is 0 Å². The number of hydrogen-bond donors (Lipinski definition) is 1. The lowest BCUT2D eigenvalue weighted by Gasteiger charge is -2.10. The van der Waals surface area contributed by atoms with Gasteiger partial charge >= 0.3 is 0 Å². The molecule has 0 atom stereocenters. The number of rotatable bonds is 8. The molecule has 2 aromatic rings. The highest BCUT2D eigenvalue weighted by Crippen LogP contribution is 2.15. The summed E-state index contributed by atoms with van der Waals surface area (Å²) in [5, 5.41) is 2.85. The summed E-state index contributed by atoms with van der Waals surface area (Å²) in [7, 11) is 0. The number of para-hydroxylation sites is 1. The van der Waals surface area contributed by atoms with E-state index in [2.05, 4.69) is 12.2 Å². The van der Waals surface area contributed by atoms with E-state index >= 15 is 0 Å². The first-order chi connectivity index (χ1) is 11.2. The second kappa shape index (κ2) is 8.83. The average Bonchev–Trinajstić information content (AvgIpc) is 2.58. The van der Waals surface area contributed by atoms with Gasteiger partial charge in [-0.3, -0.25) is 4.79 Å². The molecule has 0 saturated heterocycles. The smallest absolute Gasteiger partial charge is 0.251 e. The van der Waals surface area contributed by atoms with Crippen molar-refractivity contribution in [1.82, 2.24) is 5.32 Å². The Labute approximate surface area is 137 Å². The van der Waals surface area contributed by atoms with Crippen molar-refractivity contribution < 1.29 is 14.3 Å². The van der Waals surface area contributed by atoms with E-state index in [0.717, 1.165) is 23.5 Å². The van der Waals surface area contributed by atoms with Gasteiger partial charge in [0.1, 0.15) is 18.1 Å². The van der Waals surface area contributed by atoms with E-state index in [-0.39, 0.29) is 5.91 Å². The maximum Gasteiger partial charge on any atom is 0.251 e. The van der Waals surface area contributed by atoms with Crippen LogP contribution in [0, 0.1) is 6.92 Å². The van der Waals surface area contributed by atoms with Crippen LogP contribution in [0.1, 0.15) is 29.3 Å². The molecule has 2 aromatic carbocycles. The number of benzene rings is 2. The van der Waals surface area contributed by atoms with Gasteiger partial charge in [-0.15, -0.1) is 0 Å². The number of nitrogens with one attached hydrogen (secondary N) is 1. The number of hydrogen-bond acceptors (Lipinski definition) is 3. The Kier molecular flexibility index (Phi) is 6.48. The molecule has 122 valence electrons. The summed E-state index contributed by atoms with van der Waals surface area (Å²) >= 11 is 0. The van der Waals surface area contributed by atoms with Crippen molar-refractivity contribution in [1.29, 1.82) is 0 Å². The van der Waals surface area contributed by atoms with E-state index in [1.807, 2.05) is 43.3 Å². The van der Waals surface area contributed by atoms with Crippen LogP contribution in [0.3, 0.4) is 0 Å². The number of aryl methyl sites for hydroxylation is 1. The van der Waals surface area contributed by atoms with Crippen LogP contribution in [-0.4, -0.2) is 25.7 Å². The Morgan fingerprint density at radius 1 is 1.00 bits per heavy atom. The van der Waals surface area contributed by atoms with Gasteiger partial charge in [0.25, 0.3) is 5.91 Å². The van der Waals surface area contributed by atoms with Crippen LogP contribution < -0.4 is 14.8 Å². The number of carbonyl (C=O) groups is 1. The molecule has 0 bridgehead atoms. The third-order valence-corrected chi connectivity index (χ3v) is 3.33. The van der Waals surface area contributed by atoms with Crippen molar-refractivity contribution in [3.63, 3.8) is 0 Å². The zero-order valence-electron chi connectivity index (χ0n) is 13.7. The van der Waals surface area contributed by atoms with Crippen LogP contribution in [0.25, 0.3) is 0 Å². The van der Waals surface area contributed by atoms with Gasteiger partial charge in [0, 0.05) is 5.56 Å². The van der Waals surface area contributed by atoms with E-state index < -0.39 is 0 Å². The van der Waals surface area contributed by atoms with Crippen LogP contribution in [0.2, 0.25) is 0 Å². The molecule has 1 N–H and O–H groups in total. The first-order valence-electron chi connectivity index (χ1n) is 7.90. The molecule has 0 aliphatic carbocycles. The second-order valence-corrected chi connectivity index (χ2v) is 5.24. The third kappa shape index (κ3) is 5.33. The monoisotopic (exact) mass is 313 g/mol. The normalized spacial score (nSPS) is 10.2. The molecule has 4 heteroatoms. The molecular weight excluding hydrogens is 290 g/mol. The molecule has 0 aliphatic rings. The zero-order valence-corrected chi connectivity index (χ0v) is 13.7. The molecule has 0 spiro atoms. The molecule has 0 saturated carbocycles. The predicted molar refractivity (Wildman–Crippen MR) is 91.2 cm³/mol. The van der Waals surface area contributed by atoms with E-state index in [9.17, 15) is 4.79 Å². The van der Waals surface area contributed by atoms with Crippen molar-refractivity contribution in [2.45, 2.75) is 20.3 Å². The quantitative estimate of drug-likeness (QED) is 0.758. The standard InChI is InChI=1S/C19H23NO3/c1-3-13-22-17-10-8-16(9-11-17)19(21)20-12-14-23-18-7-5-4-6-15(18)2/h4-11H,3,12-14H2,1-2H3,(H,20,21). The minimum Gasteiger partial charge on any atom is -0.494 e. The maximum atomic E-state index is 12.0. The zero-order chi connectivity index (χ0) is 16.5. The average molecular weight is 313 g/mol. The summed E-state index contributed by atoms with van der Waals surface area (Å²) in [5.74, 6) is 1.52. The van der Waals surface area contributed by atoms with E-state index in [4.69, 9.17) is 9.47 Å². The Bertz CT molecular complexity index is 623. The van der Waals surface area contributed by atoms with Crippen LogP contribution in [0.15, 0.2) is 48.5 Å². The van der Waals surface area contributed by atoms with E-state index in [1.54, 1.807) is 12.1 Å². The molecule has 1 amide bonds. The third-order valence-electron chi connectivity index (χ3n) is 3.33. The Morgan fingerprint density at radius 2 is 1.74 bits per heavy atom. The largest absolute Gasteiger partial charge is 0.494 e. The summed E-state index contributed by atoms with van der Waals surface area (Å²) in [5.41, 5.74) is 1.70. The fourth-order valence-corrected chi connectivity index (χ4v) is 2.07. The maximum absolute atomic E-state index is 12.0. The minimum absolute atomic E-state index is 0.111.